The number of aromatic nitrogens is 1. The van der Waals surface area contributed by atoms with E-state index in [1.54, 1.807) is 0 Å². The van der Waals surface area contributed by atoms with E-state index in [9.17, 15) is 0 Å². The Hall–Kier alpha value is -1.13. The molecule has 1 aliphatic rings. The standard InChI is InChI=1S/C16H28N4/c1-4-15(17)16-6-5-14(11-18-16)20-9-7-19(8-10-20)12-13(2)3/h5-6,11,13,15H,4,7-10,12,17H2,1-3H3. The van der Waals surface area contributed by atoms with Crippen molar-refractivity contribution in [3.05, 3.63) is 24.0 Å². The average Bonchev–Trinajstić information content (AvgIpc) is 2.47. The molecule has 2 heterocycles. The lowest BCUT2D eigenvalue weighted by molar-refractivity contribution is 0.231. The molecule has 0 amide bonds. The van der Waals surface area contributed by atoms with Gasteiger partial charge in [0.1, 0.15) is 0 Å². The molecule has 0 bridgehead atoms. The van der Waals surface area contributed by atoms with Gasteiger partial charge in [-0.1, -0.05) is 20.8 Å². The first-order valence-electron chi connectivity index (χ1n) is 7.79. The van der Waals surface area contributed by atoms with Crippen LogP contribution in [0, 0.1) is 5.92 Å². The SMILES string of the molecule is CCC(N)c1ccc(N2CCN(CC(C)C)CC2)cn1. The summed E-state index contributed by atoms with van der Waals surface area (Å²) in [6.45, 7) is 12.3. The number of piperazine rings is 1. The van der Waals surface area contributed by atoms with Crippen molar-refractivity contribution >= 4 is 5.69 Å². The molecule has 0 saturated carbocycles. The topological polar surface area (TPSA) is 45.4 Å². The smallest absolute Gasteiger partial charge is 0.0572 e. The van der Waals surface area contributed by atoms with Crippen LogP contribution in [0.25, 0.3) is 0 Å². The molecule has 1 aliphatic heterocycles. The van der Waals surface area contributed by atoms with E-state index in [4.69, 9.17) is 5.73 Å². The molecule has 2 N–H and O–H groups in total. The van der Waals surface area contributed by atoms with E-state index in [0.717, 1.165) is 44.2 Å². The van der Waals surface area contributed by atoms with E-state index in [1.165, 1.54) is 12.2 Å². The number of nitrogens with zero attached hydrogens (tertiary/aromatic N) is 3. The number of nitrogens with two attached hydrogens (primary N) is 1. The van der Waals surface area contributed by atoms with Crippen molar-refractivity contribution in [2.75, 3.05) is 37.6 Å². The fraction of sp³-hybridized carbons (Fsp3) is 0.688. The molecule has 1 aromatic heterocycles. The fourth-order valence-electron chi connectivity index (χ4n) is 2.72. The molecule has 112 valence electrons. The maximum Gasteiger partial charge on any atom is 0.0572 e. The second-order valence-corrected chi connectivity index (χ2v) is 6.14. The highest BCUT2D eigenvalue weighted by molar-refractivity contribution is 5.45. The van der Waals surface area contributed by atoms with Gasteiger partial charge < -0.3 is 10.6 Å². The van der Waals surface area contributed by atoms with Gasteiger partial charge in [0, 0.05) is 38.8 Å². The maximum atomic E-state index is 6.00. The monoisotopic (exact) mass is 276 g/mol. The van der Waals surface area contributed by atoms with Crippen LogP contribution in [-0.2, 0) is 0 Å². The summed E-state index contributed by atoms with van der Waals surface area (Å²) in [5.41, 5.74) is 8.22. The van der Waals surface area contributed by atoms with Crippen LogP contribution in [0.1, 0.15) is 38.9 Å². The summed E-state index contributed by atoms with van der Waals surface area (Å²) in [6.07, 6.45) is 2.91. The van der Waals surface area contributed by atoms with Gasteiger partial charge in [-0.15, -0.1) is 0 Å². The number of rotatable bonds is 5. The Morgan fingerprint density at radius 2 is 1.90 bits per heavy atom. The van der Waals surface area contributed by atoms with Crippen molar-refractivity contribution in [2.24, 2.45) is 11.7 Å². The third-order valence-electron chi connectivity index (χ3n) is 3.95. The molecule has 0 aromatic carbocycles. The molecular weight excluding hydrogens is 248 g/mol. The van der Waals surface area contributed by atoms with E-state index >= 15 is 0 Å². The average molecular weight is 276 g/mol. The summed E-state index contributed by atoms with van der Waals surface area (Å²) >= 11 is 0. The van der Waals surface area contributed by atoms with Crippen molar-refractivity contribution in [2.45, 2.75) is 33.2 Å². The van der Waals surface area contributed by atoms with Crippen LogP contribution >= 0.6 is 0 Å². The molecule has 1 fully saturated rings. The van der Waals surface area contributed by atoms with Crippen molar-refractivity contribution in [3.8, 4) is 0 Å². The number of hydrogen-bond acceptors (Lipinski definition) is 4. The summed E-state index contributed by atoms with van der Waals surface area (Å²) in [5, 5.41) is 0. The zero-order valence-electron chi connectivity index (χ0n) is 13.0. The molecule has 1 aromatic rings. The highest BCUT2D eigenvalue weighted by Crippen LogP contribution is 2.18. The molecule has 1 saturated heterocycles. The van der Waals surface area contributed by atoms with Gasteiger partial charge in [-0.25, -0.2) is 0 Å². The predicted octanol–water partition coefficient (Wildman–Crippen LogP) is 2.27. The lowest BCUT2D eigenvalue weighted by Crippen LogP contribution is -2.47. The maximum absolute atomic E-state index is 6.00. The van der Waals surface area contributed by atoms with Crippen LogP contribution in [0.15, 0.2) is 18.3 Å². The number of anilines is 1. The van der Waals surface area contributed by atoms with Crippen LogP contribution in [0.5, 0.6) is 0 Å². The number of hydrogen-bond donors (Lipinski definition) is 1. The van der Waals surface area contributed by atoms with Crippen LogP contribution in [0.3, 0.4) is 0 Å². The van der Waals surface area contributed by atoms with E-state index in [1.807, 2.05) is 6.20 Å². The Balaban J connectivity index is 1.90. The molecule has 0 aliphatic carbocycles. The second-order valence-electron chi connectivity index (χ2n) is 6.14. The quantitative estimate of drug-likeness (QED) is 0.896. The Morgan fingerprint density at radius 3 is 2.40 bits per heavy atom. The molecule has 4 nitrogen and oxygen atoms in total. The minimum atomic E-state index is 0.0620. The zero-order chi connectivity index (χ0) is 14.5. The van der Waals surface area contributed by atoms with Crippen molar-refractivity contribution < 1.29 is 0 Å². The van der Waals surface area contributed by atoms with Crippen LogP contribution < -0.4 is 10.6 Å². The third kappa shape index (κ3) is 3.93. The molecule has 4 heteroatoms. The third-order valence-corrected chi connectivity index (χ3v) is 3.95. The van der Waals surface area contributed by atoms with E-state index < -0.39 is 0 Å². The molecule has 2 rings (SSSR count). The minimum Gasteiger partial charge on any atom is -0.368 e. The number of pyridine rings is 1. The minimum absolute atomic E-state index is 0.0620. The molecule has 20 heavy (non-hydrogen) atoms. The first kappa shape index (κ1) is 15.3. The van der Waals surface area contributed by atoms with Gasteiger partial charge in [-0.2, -0.15) is 0 Å². The first-order valence-corrected chi connectivity index (χ1v) is 7.79. The lowest BCUT2D eigenvalue weighted by atomic mass is 10.1. The Bertz CT molecular complexity index is 393. The van der Waals surface area contributed by atoms with Gasteiger partial charge in [0.2, 0.25) is 0 Å². The fourth-order valence-corrected chi connectivity index (χ4v) is 2.72. The van der Waals surface area contributed by atoms with Crippen molar-refractivity contribution in [3.63, 3.8) is 0 Å². The van der Waals surface area contributed by atoms with Gasteiger partial charge in [0.05, 0.1) is 17.6 Å². The van der Waals surface area contributed by atoms with Crippen molar-refractivity contribution in [1.82, 2.24) is 9.88 Å². The largest absolute Gasteiger partial charge is 0.368 e. The Morgan fingerprint density at radius 1 is 1.20 bits per heavy atom. The summed E-state index contributed by atoms with van der Waals surface area (Å²) in [7, 11) is 0. The van der Waals surface area contributed by atoms with Gasteiger partial charge in [-0.05, 0) is 24.5 Å². The Labute approximate surface area is 123 Å². The summed E-state index contributed by atoms with van der Waals surface area (Å²) in [6, 6.07) is 4.30. The summed E-state index contributed by atoms with van der Waals surface area (Å²) in [4.78, 5) is 9.49. The zero-order valence-corrected chi connectivity index (χ0v) is 13.0. The molecule has 1 atom stereocenters. The van der Waals surface area contributed by atoms with Gasteiger partial charge >= 0.3 is 0 Å². The van der Waals surface area contributed by atoms with E-state index in [0.29, 0.717) is 0 Å². The normalized spacial score (nSPS) is 18.6. The second kappa shape index (κ2) is 7.04. The van der Waals surface area contributed by atoms with Gasteiger partial charge in [0.25, 0.3) is 0 Å². The van der Waals surface area contributed by atoms with E-state index in [-0.39, 0.29) is 6.04 Å². The highest BCUT2D eigenvalue weighted by Gasteiger charge is 2.18. The molecule has 0 spiro atoms. The Kier molecular flexibility index (Phi) is 5.38. The van der Waals surface area contributed by atoms with Crippen LogP contribution in [0.4, 0.5) is 5.69 Å². The first-order chi connectivity index (χ1) is 9.60. The predicted molar refractivity (Wildman–Crippen MR) is 84.9 cm³/mol. The summed E-state index contributed by atoms with van der Waals surface area (Å²) < 4.78 is 0. The van der Waals surface area contributed by atoms with E-state index in [2.05, 4.69) is 47.7 Å². The van der Waals surface area contributed by atoms with Gasteiger partial charge in [-0.3, -0.25) is 9.88 Å². The lowest BCUT2D eigenvalue weighted by Gasteiger charge is -2.36. The molecular formula is C16H28N4. The van der Waals surface area contributed by atoms with Crippen LogP contribution in [0.2, 0.25) is 0 Å². The van der Waals surface area contributed by atoms with Crippen LogP contribution in [-0.4, -0.2) is 42.6 Å². The van der Waals surface area contributed by atoms with Crippen molar-refractivity contribution in [1.29, 1.82) is 0 Å². The summed E-state index contributed by atoms with van der Waals surface area (Å²) in [5.74, 6) is 0.748. The van der Waals surface area contributed by atoms with Gasteiger partial charge in [0.15, 0.2) is 0 Å². The highest BCUT2D eigenvalue weighted by atomic mass is 15.3. The molecule has 1 unspecified atom stereocenters. The molecule has 0 radical (unpaired) electrons.